The minimum Gasteiger partial charge on any atom is -0.381 e. The summed E-state index contributed by atoms with van der Waals surface area (Å²) in [6, 6.07) is 5.60. The predicted molar refractivity (Wildman–Crippen MR) is 78.3 cm³/mol. The zero-order valence-corrected chi connectivity index (χ0v) is 12.2. The summed E-state index contributed by atoms with van der Waals surface area (Å²) in [5.74, 6) is 0.533. The number of hydrogen-bond donors (Lipinski definition) is 0. The molecule has 0 aliphatic carbocycles. The highest BCUT2D eigenvalue weighted by atomic mass is 35.5. The van der Waals surface area contributed by atoms with Crippen molar-refractivity contribution in [2.45, 2.75) is 26.3 Å². The molecule has 1 fully saturated rings. The quantitative estimate of drug-likeness (QED) is 0.815. The molecule has 0 atom stereocenters. The van der Waals surface area contributed by atoms with Gasteiger partial charge in [-0.1, -0.05) is 11.6 Å². The first-order valence-electron chi connectivity index (χ1n) is 6.90. The molecule has 0 unspecified atom stereocenters. The van der Waals surface area contributed by atoms with Gasteiger partial charge in [-0.15, -0.1) is 0 Å². The van der Waals surface area contributed by atoms with Gasteiger partial charge in [0.15, 0.2) is 5.78 Å². The van der Waals surface area contributed by atoms with E-state index in [0.717, 1.165) is 43.5 Å². The van der Waals surface area contributed by atoms with Crippen LogP contribution in [0.5, 0.6) is 0 Å². The molecule has 0 spiro atoms. The second-order valence-electron chi connectivity index (χ2n) is 5.30. The van der Waals surface area contributed by atoms with Gasteiger partial charge in [-0.05, 0) is 37.0 Å². The molecular weight excluding hydrogens is 276 g/mol. The van der Waals surface area contributed by atoms with Crippen molar-refractivity contribution in [3.63, 3.8) is 0 Å². The molecule has 2 aromatic rings. The normalized spacial score (nSPS) is 16.7. The predicted octanol–water partition coefficient (Wildman–Crippen LogP) is 3.32. The van der Waals surface area contributed by atoms with Crippen LogP contribution in [-0.2, 0) is 11.3 Å². The van der Waals surface area contributed by atoms with Crippen molar-refractivity contribution in [2.24, 2.45) is 5.92 Å². The smallest absolute Gasteiger partial charge is 0.180 e. The molecule has 20 heavy (non-hydrogen) atoms. The number of ether oxygens (including phenoxy) is 1. The number of nitrogens with zero attached hydrogens (tertiary/aromatic N) is 2. The summed E-state index contributed by atoms with van der Waals surface area (Å²) in [5, 5.41) is 5.97. The highest BCUT2D eigenvalue weighted by Crippen LogP contribution is 2.25. The Morgan fingerprint density at radius 3 is 2.90 bits per heavy atom. The molecule has 106 valence electrons. The summed E-state index contributed by atoms with van der Waals surface area (Å²) in [7, 11) is 0. The van der Waals surface area contributed by atoms with Crippen molar-refractivity contribution in [3.05, 3.63) is 28.9 Å². The molecule has 5 heteroatoms. The van der Waals surface area contributed by atoms with E-state index in [1.54, 1.807) is 6.92 Å². The van der Waals surface area contributed by atoms with Crippen molar-refractivity contribution in [1.29, 1.82) is 0 Å². The first-order valence-corrected chi connectivity index (χ1v) is 7.27. The maximum atomic E-state index is 11.7. The number of carbonyl (C=O) groups is 1. The number of ketones is 1. The Bertz CT molecular complexity index is 645. The van der Waals surface area contributed by atoms with Gasteiger partial charge in [-0.3, -0.25) is 9.48 Å². The highest BCUT2D eigenvalue weighted by molar-refractivity contribution is 6.31. The maximum Gasteiger partial charge on any atom is 0.180 e. The summed E-state index contributed by atoms with van der Waals surface area (Å²) in [6.07, 6.45) is 2.09. The number of fused-ring (bicyclic) bond motifs is 1. The minimum atomic E-state index is -0.0250. The zero-order valence-electron chi connectivity index (χ0n) is 11.4. The fourth-order valence-corrected chi connectivity index (χ4v) is 2.90. The van der Waals surface area contributed by atoms with Gasteiger partial charge in [-0.25, -0.2) is 0 Å². The van der Waals surface area contributed by atoms with Crippen LogP contribution in [0, 0.1) is 5.92 Å². The SMILES string of the molecule is CC(=O)c1nn(CC2CCOCC2)c2ccc(Cl)cc12. The van der Waals surface area contributed by atoms with E-state index in [0.29, 0.717) is 16.6 Å². The van der Waals surface area contributed by atoms with Gasteiger partial charge in [0.2, 0.25) is 0 Å². The lowest BCUT2D eigenvalue weighted by atomic mass is 10.0. The average molecular weight is 293 g/mol. The standard InChI is InChI=1S/C15H17ClN2O2/c1-10(19)15-13-8-12(16)2-3-14(13)18(17-15)9-11-4-6-20-7-5-11/h2-3,8,11H,4-7,9H2,1H3. The first-order chi connectivity index (χ1) is 9.65. The van der Waals surface area contributed by atoms with Crippen molar-refractivity contribution in [1.82, 2.24) is 9.78 Å². The van der Waals surface area contributed by atoms with Gasteiger partial charge >= 0.3 is 0 Å². The van der Waals surface area contributed by atoms with Crippen molar-refractivity contribution in [3.8, 4) is 0 Å². The first kappa shape index (κ1) is 13.6. The zero-order chi connectivity index (χ0) is 14.1. The van der Waals surface area contributed by atoms with Gasteiger partial charge < -0.3 is 4.74 Å². The van der Waals surface area contributed by atoms with Gasteiger partial charge in [0, 0.05) is 37.1 Å². The molecule has 0 N–H and O–H groups in total. The van der Waals surface area contributed by atoms with Crippen molar-refractivity contribution in [2.75, 3.05) is 13.2 Å². The Hall–Kier alpha value is -1.39. The average Bonchev–Trinajstić information content (AvgIpc) is 2.78. The molecule has 1 aliphatic rings. The molecule has 0 amide bonds. The number of aromatic nitrogens is 2. The third kappa shape index (κ3) is 2.58. The lowest BCUT2D eigenvalue weighted by Gasteiger charge is -2.22. The molecule has 0 radical (unpaired) electrons. The van der Waals surface area contributed by atoms with Crippen LogP contribution < -0.4 is 0 Å². The number of halogens is 1. The van der Waals surface area contributed by atoms with Crippen LogP contribution in [0.2, 0.25) is 5.02 Å². The second kappa shape index (κ2) is 5.54. The summed E-state index contributed by atoms with van der Waals surface area (Å²) in [5.41, 5.74) is 1.49. The van der Waals surface area contributed by atoms with Crippen molar-refractivity contribution >= 4 is 28.3 Å². The molecule has 1 aromatic heterocycles. The van der Waals surface area contributed by atoms with E-state index in [1.165, 1.54) is 0 Å². The van der Waals surface area contributed by atoms with E-state index in [-0.39, 0.29) is 5.78 Å². The lowest BCUT2D eigenvalue weighted by molar-refractivity contribution is 0.0605. The summed E-state index contributed by atoms with van der Waals surface area (Å²) < 4.78 is 7.33. The van der Waals surface area contributed by atoms with Gasteiger partial charge in [0.1, 0.15) is 5.69 Å². The van der Waals surface area contributed by atoms with Gasteiger partial charge in [0.05, 0.1) is 5.52 Å². The van der Waals surface area contributed by atoms with E-state index >= 15 is 0 Å². The Morgan fingerprint density at radius 1 is 1.45 bits per heavy atom. The molecular formula is C15H17ClN2O2. The van der Waals surface area contributed by atoms with Crippen LogP contribution in [-0.4, -0.2) is 28.8 Å². The second-order valence-corrected chi connectivity index (χ2v) is 5.74. The Kier molecular flexibility index (Phi) is 3.76. The third-order valence-corrected chi connectivity index (χ3v) is 4.05. The van der Waals surface area contributed by atoms with Gasteiger partial charge in [-0.2, -0.15) is 5.10 Å². The van der Waals surface area contributed by atoms with E-state index in [1.807, 2.05) is 22.9 Å². The molecule has 1 aromatic carbocycles. The van der Waals surface area contributed by atoms with Crippen LogP contribution >= 0.6 is 11.6 Å². The minimum absolute atomic E-state index is 0.0250. The fraction of sp³-hybridized carbons (Fsp3) is 0.467. The molecule has 4 nitrogen and oxygen atoms in total. The van der Waals surface area contributed by atoms with Crippen LogP contribution in [0.3, 0.4) is 0 Å². The Balaban J connectivity index is 1.99. The number of rotatable bonds is 3. The Morgan fingerprint density at radius 2 is 2.20 bits per heavy atom. The van der Waals surface area contributed by atoms with Crippen LogP contribution in [0.25, 0.3) is 10.9 Å². The number of carbonyl (C=O) groups excluding carboxylic acids is 1. The van der Waals surface area contributed by atoms with Crippen molar-refractivity contribution < 1.29 is 9.53 Å². The molecule has 1 aliphatic heterocycles. The molecule has 0 bridgehead atoms. The highest BCUT2D eigenvalue weighted by Gasteiger charge is 2.19. The fourth-order valence-electron chi connectivity index (χ4n) is 2.72. The van der Waals surface area contributed by atoms with Gasteiger partial charge in [0.25, 0.3) is 0 Å². The molecule has 1 saturated heterocycles. The van der Waals surface area contributed by atoms with E-state index < -0.39 is 0 Å². The largest absolute Gasteiger partial charge is 0.381 e. The third-order valence-electron chi connectivity index (χ3n) is 3.82. The number of hydrogen-bond acceptors (Lipinski definition) is 3. The summed E-state index contributed by atoms with van der Waals surface area (Å²) in [6.45, 7) is 4.00. The van der Waals surface area contributed by atoms with E-state index in [2.05, 4.69) is 5.10 Å². The maximum absolute atomic E-state index is 11.7. The van der Waals surface area contributed by atoms with Crippen LogP contribution in [0.4, 0.5) is 0 Å². The van der Waals surface area contributed by atoms with E-state index in [9.17, 15) is 4.79 Å². The number of Topliss-reactive ketones (excluding diaryl/α,β-unsaturated/α-hetero) is 1. The van der Waals surface area contributed by atoms with E-state index in [4.69, 9.17) is 16.3 Å². The Labute approximate surface area is 122 Å². The monoisotopic (exact) mass is 292 g/mol. The topological polar surface area (TPSA) is 44.1 Å². The lowest BCUT2D eigenvalue weighted by Crippen LogP contribution is -2.21. The number of benzene rings is 1. The molecule has 2 heterocycles. The van der Waals surface area contributed by atoms with Crippen LogP contribution in [0.1, 0.15) is 30.3 Å². The summed E-state index contributed by atoms with van der Waals surface area (Å²) >= 11 is 6.03. The van der Waals surface area contributed by atoms with Crippen LogP contribution in [0.15, 0.2) is 18.2 Å². The molecule has 3 rings (SSSR count). The summed E-state index contributed by atoms with van der Waals surface area (Å²) in [4.78, 5) is 11.7. The molecule has 0 saturated carbocycles.